The molecule has 0 spiro atoms. The highest BCUT2D eigenvalue weighted by Crippen LogP contribution is 2.15. The molecular formula is C16H24N6. The molecular weight excluding hydrogens is 276 g/mol. The summed E-state index contributed by atoms with van der Waals surface area (Å²) in [5, 5.41) is 12.2. The maximum absolute atomic E-state index is 4.29. The van der Waals surface area contributed by atoms with Gasteiger partial charge in [-0.2, -0.15) is 0 Å². The van der Waals surface area contributed by atoms with Crippen molar-refractivity contribution in [1.82, 2.24) is 30.2 Å². The molecule has 1 aliphatic rings. The molecule has 22 heavy (non-hydrogen) atoms. The maximum atomic E-state index is 4.29. The molecule has 1 aliphatic heterocycles. The molecule has 2 aromatic heterocycles. The first kappa shape index (κ1) is 15.1. The molecule has 118 valence electrons. The molecule has 0 saturated carbocycles. The monoisotopic (exact) mass is 300 g/mol. The zero-order valence-electron chi connectivity index (χ0n) is 13.3. The Morgan fingerprint density at radius 3 is 2.73 bits per heavy atom. The SMILES string of the molecule is CC(c1ccncc1)n1cc(CNC2CCN(C)CC2)nn1. The summed E-state index contributed by atoms with van der Waals surface area (Å²) in [5.41, 5.74) is 2.19. The highest BCUT2D eigenvalue weighted by molar-refractivity contribution is 5.15. The first-order valence-electron chi connectivity index (χ1n) is 7.95. The summed E-state index contributed by atoms with van der Waals surface area (Å²) >= 11 is 0. The van der Waals surface area contributed by atoms with Crippen LogP contribution in [0.5, 0.6) is 0 Å². The van der Waals surface area contributed by atoms with Gasteiger partial charge in [-0.1, -0.05) is 5.21 Å². The molecule has 1 saturated heterocycles. The third-order valence-electron chi connectivity index (χ3n) is 4.43. The third-order valence-corrected chi connectivity index (χ3v) is 4.43. The number of nitrogens with one attached hydrogen (secondary N) is 1. The number of piperidine rings is 1. The summed E-state index contributed by atoms with van der Waals surface area (Å²) in [7, 11) is 2.18. The van der Waals surface area contributed by atoms with E-state index in [1.54, 1.807) is 0 Å². The minimum absolute atomic E-state index is 0.174. The molecule has 1 fully saturated rings. The Labute approximate surface area is 131 Å². The van der Waals surface area contributed by atoms with Crippen LogP contribution in [0.15, 0.2) is 30.7 Å². The van der Waals surface area contributed by atoms with E-state index in [-0.39, 0.29) is 6.04 Å². The lowest BCUT2D eigenvalue weighted by Gasteiger charge is -2.29. The highest BCUT2D eigenvalue weighted by Gasteiger charge is 2.16. The van der Waals surface area contributed by atoms with Crippen molar-refractivity contribution in [3.63, 3.8) is 0 Å². The number of rotatable bonds is 5. The summed E-state index contributed by atoms with van der Waals surface area (Å²) in [5.74, 6) is 0. The van der Waals surface area contributed by atoms with Crippen LogP contribution in [-0.2, 0) is 6.54 Å². The summed E-state index contributed by atoms with van der Waals surface area (Å²) in [6, 6.07) is 4.80. The molecule has 0 aromatic carbocycles. The van der Waals surface area contributed by atoms with Gasteiger partial charge in [-0.15, -0.1) is 5.10 Å². The first-order chi connectivity index (χ1) is 10.7. The molecule has 6 heteroatoms. The normalized spacial score (nSPS) is 18.5. The van der Waals surface area contributed by atoms with Gasteiger partial charge in [0.2, 0.25) is 0 Å². The van der Waals surface area contributed by atoms with Crippen molar-refractivity contribution in [2.45, 2.75) is 38.4 Å². The lowest BCUT2D eigenvalue weighted by Crippen LogP contribution is -2.40. The Kier molecular flexibility index (Phi) is 4.80. The van der Waals surface area contributed by atoms with E-state index in [0.717, 1.165) is 12.2 Å². The average molecular weight is 300 g/mol. The molecule has 3 heterocycles. The smallest absolute Gasteiger partial charge is 0.0965 e. The van der Waals surface area contributed by atoms with Crippen molar-refractivity contribution >= 4 is 0 Å². The molecule has 2 aromatic rings. The Hall–Kier alpha value is -1.79. The van der Waals surface area contributed by atoms with Crippen LogP contribution in [0.2, 0.25) is 0 Å². The van der Waals surface area contributed by atoms with Gasteiger partial charge in [-0.3, -0.25) is 4.98 Å². The van der Waals surface area contributed by atoms with Crippen LogP contribution < -0.4 is 5.32 Å². The van der Waals surface area contributed by atoms with E-state index < -0.39 is 0 Å². The van der Waals surface area contributed by atoms with Gasteiger partial charge in [0.15, 0.2) is 0 Å². The lowest BCUT2D eigenvalue weighted by atomic mass is 10.1. The van der Waals surface area contributed by atoms with Crippen LogP contribution in [0.4, 0.5) is 0 Å². The Balaban J connectivity index is 1.55. The van der Waals surface area contributed by atoms with E-state index in [2.05, 4.69) is 39.5 Å². The van der Waals surface area contributed by atoms with Crippen LogP contribution in [0.3, 0.4) is 0 Å². The van der Waals surface area contributed by atoms with Crippen molar-refractivity contribution < 1.29 is 0 Å². The number of nitrogens with zero attached hydrogens (tertiary/aromatic N) is 5. The molecule has 1 N–H and O–H groups in total. The Bertz CT molecular complexity index is 573. The van der Waals surface area contributed by atoms with Gasteiger partial charge in [0.1, 0.15) is 0 Å². The van der Waals surface area contributed by atoms with Crippen molar-refractivity contribution in [3.8, 4) is 0 Å². The van der Waals surface area contributed by atoms with Crippen molar-refractivity contribution in [1.29, 1.82) is 0 Å². The van der Waals surface area contributed by atoms with Crippen molar-refractivity contribution in [2.75, 3.05) is 20.1 Å². The number of pyridine rings is 1. The molecule has 0 aliphatic carbocycles. The predicted molar refractivity (Wildman–Crippen MR) is 85.4 cm³/mol. The molecule has 1 atom stereocenters. The zero-order chi connectivity index (χ0) is 15.4. The topological polar surface area (TPSA) is 58.9 Å². The number of likely N-dealkylation sites (tertiary alicyclic amines) is 1. The van der Waals surface area contributed by atoms with Crippen LogP contribution in [-0.4, -0.2) is 51.1 Å². The molecule has 6 nitrogen and oxygen atoms in total. The number of hydrogen-bond donors (Lipinski definition) is 1. The standard InChI is InChI=1S/C16H24N6/c1-13(14-3-7-17-8-4-14)22-12-16(19-20-22)11-18-15-5-9-21(2)10-6-15/h3-4,7-8,12-13,15,18H,5-6,9-11H2,1-2H3. The minimum atomic E-state index is 0.174. The maximum Gasteiger partial charge on any atom is 0.0965 e. The van der Waals surface area contributed by atoms with Crippen molar-refractivity contribution in [2.24, 2.45) is 0 Å². The van der Waals surface area contributed by atoms with E-state index >= 15 is 0 Å². The fourth-order valence-corrected chi connectivity index (χ4v) is 2.84. The van der Waals surface area contributed by atoms with Gasteiger partial charge >= 0.3 is 0 Å². The first-order valence-corrected chi connectivity index (χ1v) is 7.95. The Morgan fingerprint density at radius 1 is 1.27 bits per heavy atom. The zero-order valence-corrected chi connectivity index (χ0v) is 13.3. The van der Waals surface area contributed by atoms with Crippen LogP contribution in [0, 0.1) is 0 Å². The van der Waals surface area contributed by atoms with Gasteiger partial charge in [-0.25, -0.2) is 4.68 Å². The summed E-state index contributed by atoms with van der Waals surface area (Å²) in [6.07, 6.45) is 8.07. The molecule has 0 radical (unpaired) electrons. The van der Waals surface area contributed by atoms with Crippen LogP contribution >= 0.6 is 0 Å². The highest BCUT2D eigenvalue weighted by atomic mass is 15.4. The van der Waals surface area contributed by atoms with E-state index in [1.165, 1.54) is 31.5 Å². The van der Waals surface area contributed by atoms with Gasteiger partial charge in [-0.05, 0) is 57.6 Å². The van der Waals surface area contributed by atoms with Gasteiger partial charge < -0.3 is 10.2 Å². The van der Waals surface area contributed by atoms with Crippen LogP contribution in [0.25, 0.3) is 0 Å². The second-order valence-corrected chi connectivity index (χ2v) is 6.10. The van der Waals surface area contributed by atoms with E-state index in [4.69, 9.17) is 0 Å². The second-order valence-electron chi connectivity index (χ2n) is 6.10. The van der Waals surface area contributed by atoms with E-state index in [9.17, 15) is 0 Å². The van der Waals surface area contributed by atoms with Crippen molar-refractivity contribution in [3.05, 3.63) is 42.0 Å². The minimum Gasteiger partial charge on any atom is -0.308 e. The number of hydrogen-bond acceptors (Lipinski definition) is 5. The second kappa shape index (κ2) is 6.98. The third kappa shape index (κ3) is 3.69. The molecule has 0 bridgehead atoms. The lowest BCUT2D eigenvalue weighted by molar-refractivity contribution is 0.233. The summed E-state index contributed by atoms with van der Waals surface area (Å²) in [6.45, 7) is 5.25. The summed E-state index contributed by atoms with van der Waals surface area (Å²) < 4.78 is 1.92. The average Bonchev–Trinajstić information content (AvgIpc) is 3.03. The predicted octanol–water partition coefficient (Wildman–Crippen LogP) is 1.47. The van der Waals surface area contributed by atoms with E-state index in [0.29, 0.717) is 6.04 Å². The molecule has 0 amide bonds. The molecule has 1 unspecified atom stereocenters. The largest absolute Gasteiger partial charge is 0.308 e. The Morgan fingerprint density at radius 2 is 2.00 bits per heavy atom. The van der Waals surface area contributed by atoms with Gasteiger partial charge in [0, 0.05) is 25.0 Å². The van der Waals surface area contributed by atoms with Gasteiger partial charge in [0.05, 0.1) is 17.9 Å². The summed E-state index contributed by atoms with van der Waals surface area (Å²) in [4.78, 5) is 6.43. The van der Waals surface area contributed by atoms with Crippen LogP contribution in [0.1, 0.15) is 37.1 Å². The quantitative estimate of drug-likeness (QED) is 0.906. The molecule has 3 rings (SSSR count). The van der Waals surface area contributed by atoms with Gasteiger partial charge in [0.25, 0.3) is 0 Å². The fraction of sp³-hybridized carbons (Fsp3) is 0.562. The van der Waals surface area contributed by atoms with E-state index in [1.807, 2.05) is 35.4 Å². The number of aromatic nitrogens is 4. The fourth-order valence-electron chi connectivity index (χ4n) is 2.84.